The third kappa shape index (κ3) is 5.72. The van der Waals surface area contributed by atoms with E-state index in [1.54, 1.807) is 4.90 Å². The van der Waals surface area contributed by atoms with E-state index < -0.39 is 5.60 Å². The van der Waals surface area contributed by atoms with E-state index in [4.69, 9.17) is 0 Å². The fraction of sp³-hybridized carbons (Fsp3) is 0.758. The number of aryl methyl sites for hydroxylation is 1. The lowest BCUT2D eigenvalue weighted by Gasteiger charge is -2.47. The van der Waals surface area contributed by atoms with Crippen molar-refractivity contribution < 1.29 is 14.7 Å². The number of amides is 2. The summed E-state index contributed by atoms with van der Waals surface area (Å²) in [6.07, 6.45) is 17.6. The summed E-state index contributed by atoms with van der Waals surface area (Å²) in [5.41, 5.74) is 2.28. The lowest BCUT2D eigenvalue weighted by molar-refractivity contribution is -0.143. The Labute approximate surface area is 245 Å². The molecule has 2 aliphatic heterocycles. The lowest BCUT2D eigenvalue weighted by Crippen LogP contribution is -2.53. The Balaban J connectivity index is 1.08. The quantitative estimate of drug-likeness (QED) is 0.495. The number of carbonyl (C=O) groups excluding carboxylic acids is 2. The van der Waals surface area contributed by atoms with Gasteiger partial charge in [0.05, 0.1) is 0 Å². The van der Waals surface area contributed by atoms with Crippen molar-refractivity contribution in [1.82, 2.24) is 15.1 Å². The van der Waals surface area contributed by atoms with Gasteiger partial charge >= 0.3 is 0 Å². The maximum absolute atomic E-state index is 13.4. The van der Waals surface area contributed by atoms with E-state index in [0.29, 0.717) is 55.7 Å². The molecule has 3 unspecified atom stereocenters. The van der Waals surface area contributed by atoms with E-state index in [0.717, 1.165) is 17.4 Å². The molecule has 1 aromatic carbocycles. The highest BCUT2D eigenvalue weighted by Crippen LogP contribution is 2.55. The topological polar surface area (TPSA) is 72.9 Å². The maximum atomic E-state index is 13.4. The molecule has 5 aliphatic rings. The number of nitrogens with one attached hydrogen (secondary N) is 1. The van der Waals surface area contributed by atoms with Gasteiger partial charge in [-0.3, -0.25) is 9.59 Å². The predicted octanol–water partition coefficient (Wildman–Crippen LogP) is 5.61. The summed E-state index contributed by atoms with van der Waals surface area (Å²) in [7, 11) is 0. The zero-order chi connectivity index (χ0) is 27.7. The third-order valence-electron chi connectivity index (χ3n) is 10.9. The molecule has 0 spiro atoms. The minimum absolute atomic E-state index is 0.0550. The predicted molar refractivity (Wildman–Crippen MR) is 162 cm³/mol. The first-order valence-corrected chi connectivity index (χ1v) is 17.2. The molecule has 3 saturated carbocycles. The molecule has 2 N–H and O–H groups in total. The minimum atomic E-state index is -1.13. The fourth-order valence-corrected chi connectivity index (χ4v) is 9.92. The molecule has 2 saturated heterocycles. The molecule has 0 radical (unpaired) electrons. The average molecular weight is 568 g/mol. The van der Waals surface area contributed by atoms with E-state index in [1.807, 2.05) is 11.0 Å². The normalized spacial score (nSPS) is 31.4. The highest BCUT2D eigenvalue weighted by Gasteiger charge is 2.52. The second-order valence-electron chi connectivity index (χ2n) is 13.4. The zero-order valence-corrected chi connectivity index (χ0v) is 25.3. The van der Waals surface area contributed by atoms with Crippen LogP contribution in [-0.2, 0) is 4.79 Å². The Kier molecular flexibility index (Phi) is 8.54. The Bertz CT molecular complexity index is 1070. The van der Waals surface area contributed by atoms with E-state index in [1.165, 1.54) is 88.2 Å². The standard InChI is InChI=1S/C33H49N3O3S/c1-24-21-26(30(37)35-17-19-36(20-18-35)31(38)32(39)15-16-32)11-12-28(24)25-13-14-33(29(22-25)34-23-40-33)27-9-7-5-3-2-4-6-8-10-27/h11-12,21,25,27,29,34,39H,2-10,13-20,22-23H2,1H3. The molecule has 3 atom stereocenters. The van der Waals surface area contributed by atoms with Crippen molar-refractivity contribution in [3.05, 3.63) is 34.9 Å². The first kappa shape index (κ1) is 28.5. The number of fused-ring (bicyclic) bond motifs is 1. The van der Waals surface area contributed by atoms with E-state index in [2.05, 4.69) is 36.1 Å². The third-order valence-corrected chi connectivity index (χ3v) is 12.6. The number of piperazine rings is 1. The van der Waals surface area contributed by atoms with Crippen LogP contribution in [0.25, 0.3) is 0 Å². The van der Waals surface area contributed by atoms with Crippen molar-refractivity contribution in [2.45, 2.75) is 119 Å². The van der Waals surface area contributed by atoms with Gasteiger partial charge in [0.1, 0.15) is 5.60 Å². The van der Waals surface area contributed by atoms with E-state index >= 15 is 0 Å². The summed E-state index contributed by atoms with van der Waals surface area (Å²) >= 11 is 2.24. The van der Waals surface area contributed by atoms with Crippen molar-refractivity contribution in [3.8, 4) is 0 Å². The van der Waals surface area contributed by atoms with Crippen molar-refractivity contribution in [1.29, 1.82) is 0 Å². The first-order valence-electron chi connectivity index (χ1n) is 16.2. The molecule has 40 heavy (non-hydrogen) atoms. The minimum Gasteiger partial charge on any atom is -0.380 e. The summed E-state index contributed by atoms with van der Waals surface area (Å²) in [5, 5.41) is 14.1. The Morgan fingerprint density at radius 2 is 1.55 bits per heavy atom. The van der Waals surface area contributed by atoms with E-state index in [9.17, 15) is 14.7 Å². The summed E-state index contributed by atoms with van der Waals surface area (Å²) in [6.45, 7) is 4.23. The highest BCUT2D eigenvalue weighted by molar-refractivity contribution is 8.00. The van der Waals surface area contributed by atoms with Gasteiger partial charge < -0.3 is 20.2 Å². The van der Waals surface area contributed by atoms with Gasteiger partial charge in [0.15, 0.2) is 0 Å². The van der Waals surface area contributed by atoms with Gasteiger partial charge in [0, 0.05) is 48.4 Å². The van der Waals surface area contributed by atoms with Crippen LogP contribution >= 0.6 is 11.8 Å². The van der Waals surface area contributed by atoms with Gasteiger partial charge in [-0.15, -0.1) is 11.8 Å². The number of nitrogens with zero attached hydrogens (tertiary/aromatic N) is 2. The number of benzene rings is 1. The number of aliphatic hydroxyl groups is 1. The number of carbonyl (C=O) groups is 2. The lowest BCUT2D eigenvalue weighted by atomic mass is 9.67. The van der Waals surface area contributed by atoms with Crippen molar-refractivity contribution in [3.63, 3.8) is 0 Å². The van der Waals surface area contributed by atoms with E-state index in [-0.39, 0.29) is 11.8 Å². The Morgan fingerprint density at radius 3 is 2.20 bits per heavy atom. The summed E-state index contributed by atoms with van der Waals surface area (Å²) in [5.74, 6) is 2.39. The first-order chi connectivity index (χ1) is 19.4. The molecular formula is C33H49N3O3S. The molecule has 3 aliphatic carbocycles. The number of hydrogen-bond acceptors (Lipinski definition) is 5. The van der Waals surface area contributed by atoms with Crippen LogP contribution < -0.4 is 5.32 Å². The van der Waals surface area contributed by atoms with Crippen LogP contribution in [0.2, 0.25) is 0 Å². The molecule has 220 valence electrons. The number of hydrogen-bond donors (Lipinski definition) is 2. The second kappa shape index (κ2) is 12.0. The highest BCUT2D eigenvalue weighted by atomic mass is 32.2. The Hall–Kier alpha value is -1.57. The van der Waals surface area contributed by atoms with Crippen LogP contribution in [0.1, 0.15) is 117 Å². The summed E-state index contributed by atoms with van der Waals surface area (Å²) in [4.78, 5) is 29.4. The van der Waals surface area contributed by atoms with Crippen LogP contribution in [0.15, 0.2) is 18.2 Å². The Morgan fingerprint density at radius 1 is 0.900 bits per heavy atom. The van der Waals surface area contributed by atoms with Gasteiger partial charge in [0.2, 0.25) is 0 Å². The molecule has 2 amide bonds. The fourth-order valence-electron chi connectivity index (χ4n) is 8.26. The van der Waals surface area contributed by atoms with Crippen LogP contribution in [0.3, 0.4) is 0 Å². The molecule has 7 heteroatoms. The summed E-state index contributed by atoms with van der Waals surface area (Å²) < 4.78 is 0.415. The monoisotopic (exact) mass is 567 g/mol. The van der Waals surface area contributed by atoms with Gasteiger partial charge in [0.25, 0.3) is 11.8 Å². The largest absolute Gasteiger partial charge is 0.380 e. The molecule has 5 fully saturated rings. The molecule has 2 heterocycles. The van der Waals surface area contributed by atoms with Gasteiger partial charge in [-0.25, -0.2) is 0 Å². The van der Waals surface area contributed by atoms with Crippen molar-refractivity contribution in [2.24, 2.45) is 5.92 Å². The maximum Gasteiger partial charge on any atom is 0.254 e. The van der Waals surface area contributed by atoms with Gasteiger partial charge in [-0.1, -0.05) is 51.0 Å². The van der Waals surface area contributed by atoms with Crippen molar-refractivity contribution in [2.75, 3.05) is 32.1 Å². The molecule has 6 rings (SSSR count). The molecule has 1 aromatic rings. The number of thioether (sulfide) groups is 1. The SMILES string of the molecule is Cc1cc(C(=O)N2CCN(C(=O)C3(O)CC3)CC2)ccc1C1CCC2(C3CCCCCCCCC3)SCNC2C1. The number of rotatable bonds is 4. The molecule has 0 aromatic heterocycles. The average Bonchev–Trinajstić information content (AvgIpc) is 3.59. The van der Waals surface area contributed by atoms with Gasteiger partial charge in [-0.2, -0.15) is 0 Å². The van der Waals surface area contributed by atoms with Gasteiger partial charge in [-0.05, 0) is 87.0 Å². The van der Waals surface area contributed by atoms with Crippen LogP contribution in [0.5, 0.6) is 0 Å². The zero-order valence-electron chi connectivity index (χ0n) is 24.5. The van der Waals surface area contributed by atoms with Crippen molar-refractivity contribution >= 4 is 23.6 Å². The van der Waals surface area contributed by atoms with Crippen LogP contribution in [0.4, 0.5) is 0 Å². The molecule has 6 nitrogen and oxygen atoms in total. The van der Waals surface area contributed by atoms with Crippen LogP contribution in [-0.4, -0.2) is 75.2 Å². The smallest absolute Gasteiger partial charge is 0.254 e. The summed E-state index contributed by atoms with van der Waals surface area (Å²) in [6, 6.07) is 6.96. The molecular weight excluding hydrogens is 518 g/mol. The molecule has 0 bridgehead atoms. The second-order valence-corrected chi connectivity index (χ2v) is 14.7. The van der Waals surface area contributed by atoms with Crippen LogP contribution in [0, 0.1) is 12.8 Å².